The first-order chi connectivity index (χ1) is 8.72. The molecule has 4 nitrogen and oxygen atoms in total. The van der Waals surface area contributed by atoms with Crippen LogP contribution in [0, 0.1) is 0 Å². The number of esters is 1. The molecule has 0 aromatic heterocycles. The zero-order valence-electron chi connectivity index (χ0n) is 10.4. The highest BCUT2D eigenvalue weighted by molar-refractivity contribution is 5.94. The minimum absolute atomic E-state index is 0.223. The Morgan fingerprint density at radius 3 is 2.67 bits per heavy atom. The SMILES string of the molecule is COC(=O)CC(=O)NCC/C=C/c1ccccc1. The maximum Gasteiger partial charge on any atom is 0.315 e. The Labute approximate surface area is 107 Å². The Morgan fingerprint density at radius 1 is 1.28 bits per heavy atom. The monoisotopic (exact) mass is 247 g/mol. The molecule has 0 saturated heterocycles. The van der Waals surface area contributed by atoms with Gasteiger partial charge in [0.2, 0.25) is 5.91 Å². The van der Waals surface area contributed by atoms with Gasteiger partial charge in [0.25, 0.3) is 0 Å². The second kappa shape index (κ2) is 8.06. The van der Waals surface area contributed by atoms with Crippen molar-refractivity contribution >= 4 is 18.0 Å². The molecule has 0 unspecified atom stereocenters. The van der Waals surface area contributed by atoms with Crippen LogP contribution >= 0.6 is 0 Å². The fraction of sp³-hybridized carbons (Fsp3) is 0.286. The topological polar surface area (TPSA) is 55.4 Å². The van der Waals surface area contributed by atoms with E-state index < -0.39 is 5.97 Å². The lowest BCUT2D eigenvalue weighted by atomic mass is 10.2. The van der Waals surface area contributed by atoms with E-state index in [9.17, 15) is 9.59 Å². The van der Waals surface area contributed by atoms with E-state index in [1.165, 1.54) is 7.11 Å². The quantitative estimate of drug-likeness (QED) is 0.473. The summed E-state index contributed by atoms with van der Waals surface area (Å²) in [6.45, 7) is 0.513. The van der Waals surface area contributed by atoms with E-state index in [1.807, 2.05) is 42.5 Å². The Balaban J connectivity index is 2.17. The highest BCUT2D eigenvalue weighted by Gasteiger charge is 2.07. The first-order valence-electron chi connectivity index (χ1n) is 5.77. The van der Waals surface area contributed by atoms with Crippen LogP contribution in [0.2, 0.25) is 0 Å². The number of nitrogens with one attached hydrogen (secondary N) is 1. The molecule has 0 aliphatic carbocycles. The minimum atomic E-state index is -0.521. The normalized spacial score (nSPS) is 10.3. The van der Waals surface area contributed by atoms with Crippen molar-refractivity contribution in [2.45, 2.75) is 12.8 Å². The van der Waals surface area contributed by atoms with Gasteiger partial charge in [-0.1, -0.05) is 42.5 Å². The first kappa shape index (κ1) is 14.0. The van der Waals surface area contributed by atoms with Gasteiger partial charge in [0.1, 0.15) is 6.42 Å². The number of methoxy groups -OCH3 is 1. The molecular formula is C14H17NO3. The average molecular weight is 247 g/mol. The maximum atomic E-state index is 11.2. The molecule has 1 rings (SSSR count). The van der Waals surface area contributed by atoms with Crippen LogP contribution in [-0.4, -0.2) is 25.5 Å². The van der Waals surface area contributed by atoms with Gasteiger partial charge in [-0.15, -0.1) is 0 Å². The summed E-state index contributed by atoms with van der Waals surface area (Å²) in [6, 6.07) is 9.92. The molecule has 0 radical (unpaired) electrons. The van der Waals surface area contributed by atoms with Crippen molar-refractivity contribution in [3.63, 3.8) is 0 Å². The van der Waals surface area contributed by atoms with Gasteiger partial charge in [0.15, 0.2) is 0 Å². The van der Waals surface area contributed by atoms with E-state index in [2.05, 4.69) is 10.1 Å². The van der Waals surface area contributed by atoms with Crippen molar-refractivity contribution in [1.29, 1.82) is 0 Å². The summed E-state index contributed by atoms with van der Waals surface area (Å²) >= 11 is 0. The van der Waals surface area contributed by atoms with Crippen LogP contribution in [0.25, 0.3) is 6.08 Å². The third-order valence-corrected chi connectivity index (χ3v) is 2.28. The molecular weight excluding hydrogens is 230 g/mol. The van der Waals surface area contributed by atoms with Gasteiger partial charge >= 0.3 is 5.97 Å². The molecule has 0 fully saturated rings. The third kappa shape index (κ3) is 5.84. The summed E-state index contributed by atoms with van der Waals surface area (Å²) in [7, 11) is 1.26. The molecule has 1 aromatic rings. The number of benzene rings is 1. The Bertz CT molecular complexity index is 412. The smallest absolute Gasteiger partial charge is 0.315 e. The van der Waals surface area contributed by atoms with Gasteiger partial charge in [-0.3, -0.25) is 9.59 Å². The second-order valence-electron chi connectivity index (χ2n) is 3.70. The molecule has 0 atom stereocenters. The highest BCUT2D eigenvalue weighted by Crippen LogP contribution is 2.01. The zero-order valence-corrected chi connectivity index (χ0v) is 10.4. The molecule has 0 spiro atoms. The Kier molecular flexibility index (Phi) is 6.25. The molecule has 0 saturated carbocycles. The summed E-state index contributed by atoms with van der Waals surface area (Å²) in [5.41, 5.74) is 1.12. The van der Waals surface area contributed by atoms with Crippen molar-refractivity contribution in [2.24, 2.45) is 0 Å². The van der Waals surface area contributed by atoms with Gasteiger partial charge in [0.05, 0.1) is 7.11 Å². The van der Waals surface area contributed by atoms with E-state index in [1.54, 1.807) is 0 Å². The molecule has 0 heterocycles. The first-order valence-corrected chi connectivity index (χ1v) is 5.77. The molecule has 1 aromatic carbocycles. The predicted octanol–water partition coefficient (Wildman–Crippen LogP) is 1.77. The van der Waals surface area contributed by atoms with Crippen LogP contribution in [0.1, 0.15) is 18.4 Å². The number of carbonyl (C=O) groups is 2. The Morgan fingerprint density at radius 2 is 2.00 bits per heavy atom. The molecule has 1 amide bonds. The molecule has 0 aliphatic heterocycles. The van der Waals surface area contributed by atoms with E-state index in [0.717, 1.165) is 12.0 Å². The van der Waals surface area contributed by atoms with E-state index in [0.29, 0.717) is 6.54 Å². The number of rotatable bonds is 6. The summed E-state index contributed by atoms with van der Waals surface area (Å²) in [5, 5.41) is 2.64. The van der Waals surface area contributed by atoms with Crippen LogP contribution in [0.3, 0.4) is 0 Å². The fourth-order valence-corrected chi connectivity index (χ4v) is 1.34. The average Bonchev–Trinajstić information content (AvgIpc) is 2.39. The molecule has 1 N–H and O–H groups in total. The minimum Gasteiger partial charge on any atom is -0.469 e. The van der Waals surface area contributed by atoms with Crippen molar-refractivity contribution in [1.82, 2.24) is 5.32 Å². The number of ether oxygens (including phenoxy) is 1. The number of carbonyl (C=O) groups excluding carboxylic acids is 2. The van der Waals surface area contributed by atoms with Crippen molar-refractivity contribution < 1.29 is 14.3 Å². The summed E-state index contributed by atoms with van der Waals surface area (Å²) in [4.78, 5) is 22.0. The molecule has 0 aliphatic rings. The fourth-order valence-electron chi connectivity index (χ4n) is 1.34. The summed E-state index contributed by atoms with van der Waals surface area (Å²) in [6.07, 6.45) is 4.47. The lowest BCUT2D eigenvalue weighted by molar-refractivity contribution is -0.143. The number of amides is 1. The van der Waals surface area contributed by atoms with Crippen molar-refractivity contribution in [2.75, 3.05) is 13.7 Å². The van der Waals surface area contributed by atoms with E-state index in [-0.39, 0.29) is 12.3 Å². The summed E-state index contributed by atoms with van der Waals surface area (Å²) < 4.78 is 4.39. The highest BCUT2D eigenvalue weighted by atomic mass is 16.5. The second-order valence-corrected chi connectivity index (χ2v) is 3.70. The van der Waals surface area contributed by atoms with Gasteiger partial charge in [-0.05, 0) is 12.0 Å². The van der Waals surface area contributed by atoms with Gasteiger partial charge in [-0.2, -0.15) is 0 Å². The van der Waals surface area contributed by atoms with Gasteiger partial charge in [-0.25, -0.2) is 0 Å². The Hall–Kier alpha value is -2.10. The predicted molar refractivity (Wildman–Crippen MR) is 69.7 cm³/mol. The van der Waals surface area contributed by atoms with Gasteiger partial charge in [0, 0.05) is 6.54 Å². The van der Waals surface area contributed by atoms with Crippen molar-refractivity contribution in [3.05, 3.63) is 42.0 Å². The molecule has 96 valence electrons. The molecule has 0 bridgehead atoms. The van der Waals surface area contributed by atoms with Crippen LogP contribution in [0.4, 0.5) is 0 Å². The lowest BCUT2D eigenvalue weighted by Gasteiger charge is -2.01. The molecule has 4 heteroatoms. The van der Waals surface area contributed by atoms with E-state index in [4.69, 9.17) is 0 Å². The zero-order chi connectivity index (χ0) is 13.2. The summed E-state index contributed by atoms with van der Waals surface area (Å²) in [5.74, 6) is -0.831. The van der Waals surface area contributed by atoms with E-state index >= 15 is 0 Å². The maximum absolute atomic E-state index is 11.2. The lowest BCUT2D eigenvalue weighted by Crippen LogP contribution is -2.26. The van der Waals surface area contributed by atoms with Crippen LogP contribution in [0.5, 0.6) is 0 Å². The molecule has 18 heavy (non-hydrogen) atoms. The van der Waals surface area contributed by atoms with Crippen LogP contribution < -0.4 is 5.32 Å². The number of hydrogen-bond donors (Lipinski definition) is 1. The number of hydrogen-bond acceptors (Lipinski definition) is 3. The van der Waals surface area contributed by atoms with Crippen LogP contribution in [-0.2, 0) is 14.3 Å². The largest absolute Gasteiger partial charge is 0.469 e. The van der Waals surface area contributed by atoms with Crippen LogP contribution in [0.15, 0.2) is 36.4 Å². The van der Waals surface area contributed by atoms with Gasteiger partial charge < -0.3 is 10.1 Å². The van der Waals surface area contributed by atoms with Crippen molar-refractivity contribution in [3.8, 4) is 0 Å². The standard InChI is InChI=1S/C14H17NO3/c1-18-14(17)11-13(16)15-10-6-5-9-12-7-3-2-4-8-12/h2-5,7-9H,6,10-11H2,1H3,(H,15,16)/b9-5+. The third-order valence-electron chi connectivity index (χ3n) is 2.28.